The summed E-state index contributed by atoms with van der Waals surface area (Å²) in [7, 11) is 0. The summed E-state index contributed by atoms with van der Waals surface area (Å²) in [5.74, 6) is 0.196. The third-order valence-corrected chi connectivity index (χ3v) is 4.88. The lowest BCUT2D eigenvalue weighted by Crippen LogP contribution is -2.35. The summed E-state index contributed by atoms with van der Waals surface area (Å²) in [6, 6.07) is 0. The van der Waals surface area contributed by atoms with Crippen molar-refractivity contribution in [3.8, 4) is 0 Å². The number of unbranched alkanes of at least 4 members (excludes halogenated alkanes) is 8. The minimum absolute atomic E-state index is 0.196. The van der Waals surface area contributed by atoms with E-state index in [2.05, 4.69) is 54.1 Å². The monoisotopic (exact) mass is 407 g/mol. The van der Waals surface area contributed by atoms with Gasteiger partial charge in [-0.25, -0.2) is 0 Å². The lowest BCUT2D eigenvalue weighted by atomic mass is 10.1. The van der Waals surface area contributed by atoms with E-state index in [1.165, 1.54) is 64.2 Å². The van der Waals surface area contributed by atoms with Crippen molar-refractivity contribution in [2.45, 2.75) is 97.3 Å². The van der Waals surface area contributed by atoms with Gasteiger partial charge in [-0.05, 0) is 51.5 Å². The Morgan fingerprint density at radius 3 is 1.90 bits per heavy atom. The molecule has 0 aliphatic heterocycles. The van der Waals surface area contributed by atoms with E-state index in [-0.39, 0.29) is 5.91 Å². The largest absolute Gasteiger partial charge is 0.355 e. The second-order valence-corrected chi connectivity index (χ2v) is 7.83. The minimum atomic E-state index is 0.196. The quantitative estimate of drug-likeness (QED) is 0.164. The number of amides is 1. The summed E-state index contributed by atoms with van der Waals surface area (Å²) in [4.78, 5) is 11.8. The standard InChI is InChI=1S/C25H49N3O/c1-3-5-6-7-8-9-10-11-12-13-14-15-16-17-18-19-25(29)28-24-23-27-22-21-26-20-4-2/h8-9,11-12,26-27H,3-7,10,13-24H2,1-2H3,(H,28,29)/b9-8-,12-11-. The molecule has 0 aliphatic rings. The fraction of sp³-hybridized carbons (Fsp3) is 0.800. The maximum atomic E-state index is 11.8. The van der Waals surface area contributed by atoms with Crippen molar-refractivity contribution in [1.29, 1.82) is 0 Å². The molecule has 0 radical (unpaired) electrons. The molecule has 0 aromatic rings. The third kappa shape index (κ3) is 24.8. The van der Waals surface area contributed by atoms with Crippen LogP contribution < -0.4 is 16.0 Å². The maximum Gasteiger partial charge on any atom is 0.220 e. The Morgan fingerprint density at radius 1 is 0.621 bits per heavy atom. The molecule has 0 aromatic heterocycles. The molecule has 0 atom stereocenters. The molecule has 0 unspecified atom stereocenters. The Morgan fingerprint density at radius 2 is 1.21 bits per heavy atom. The highest BCUT2D eigenvalue weighted by Gasteiger charge is 2.00. The molecule has 0 saturated heterocycles. The van der Waals surface area contributed by atoms with Crippen LogP contribution in [0.25, 0.3) is 0 Å². The summed E-state index contributed by atoms with van der Waals surface area (Å²) in [6.07, 6.45) is 24.5. The molecule has 4 nitrogen and oxygen atoms in total. The van der Waals surface area contributed by atoms with E-state index in [1.807, 2.05) is 0 Å². The average Bonchev–Trinajstić information content (AvgIpc) is 2.72. The molecule has 3 N–H and O–H groups in total. The van der Waals surface area contributed by atoms with Crippen molar-refractivity contribution in [3.05, 3.63) is 24.3 Å². The van der Waals surface area contributed by atoms with Crippen LogP contribution in [0.4, 0.5) is 0 Å². The molecule has 1 amide bonds. The van der Waals surface area contributed by atoms with Crippen molar-refractivity contribution in [3.63, 3.8) is 0 Å². The van der Waals surface area contributed by atoms with Gasteiger partial charge in [0.1, 0.15) is 0 Å². The van der Waals surface area contributed by atoms with Gasteiger partial charge in [0.15, 0.2) is 0 Å². The number of hydrogen-bond donors (Lipinski definition) is 3. The van der Waals surface area contributed by atoms with Crippen LogP contribution in [0.1, 0.15) is 97.3 Å². The van der Waals surface area contributed by atoms with E-state index in [1.54, 1.807) is 0 Å². The first-order chi connectivity index (χ1) is 14.3. The second-order valence-electron chi connectivity index (χ2n) is 7.83. The van der Waals surface area contributed by atoms with Crippen LogP contribution >= 0.6 is 0 Å². The molecule has 0 spiro atoms. The van der Waals surface area contributed by atoms with E-state index in [4.69, 9.17) is 0 Å². The van der Waals surface area contributed by atoms with Crippen molar-refractivity contribution in [1.82, 2.24) is 16.0 Å². The van der Waals surface area contributed by atoms with Gasteiger partial charge in [0.25, 0.3) is 0 Å². The number of hydrogen-bond acceptors (Lipinski definition) is 3. The van der Waals surface area contributed by atoms with Gasteiger partial charge in [-0.1, -0.05) is 70.3 Å². The minimum Gasteiger partial charge on any atom is -0.355 e. The molecule has 0 aromatic carbocycles. The van der Waals surface area contributed by atoms with Crippen LogP contribution in [0.15, 0.2) is 24.3 Å². The summed E-state index contributed by atoms with van der Waals surface area (Å²) in [5, 5.41) is 9.68. The van der Waals surface area contributed by atoms with E-state index in [9.17, 15) is 4.79 Å². The summed E-state index contributed by atoms with van der Waals surface area (Å²) in [5.41, 5.74) is 0. The number of allylic oxidation sites excluding steroid dienone is 4. The highest BCUT2D eigenvalue weighted by atomic mass is 16.1. The average molecular weight is 408 g/mol. The highest BCUT2D eigenvalue weighted by molar-refractivity contribution is 5.75. The van der Waals surface area contributed by atoms with Crippen molar-refractivity contribution in [2.75, 3.05) is 32.7 Å². The molecular formula is C25H49N3O. The van der Waals surface area contributed by atoms with E-state index in [0.29, 0.717) is 6.42 Å². The Bertz CT molecular complexity index is 394. The van der Waals surface area contributed by atoms with Crippen molar-refractivity contribution >= 4 is 5.91 Å². The first-order valence-corrected chi connectivity index (χ1v) is 12.3. The van der Waals surface area contributed by atoms with Gasteiger partial charge in [0.05, 0.1) is 0 Å². The summed E-state index contributed by atoms with van der Waals surface area (Å²) >= 11 is 0. The van der Waals surface area contributed by atoms with Gasteiger partial charge in [0, 0.05) is 32.6 Å². The van der Waals surface area contributed by atoms with Gasteiger partial charge in [-0.3, -0.25) is 4.79 Å². The molecular weight excluding hydrogens is 358 g/mol. The number of rotatable bonds is 22. The lowest BCUT2D eigenvalue weighted by Gasteiger charge is -2.07. The van der Waals surface area contributed by atoms with Crippen LogP contribution in [0.2, 0.25) is 0 Å². The SMILES string of the molecule is CCCCC/C=C\C/C=C\CCCCCCCC(=O)NCCNCCNCCC. The third-order valence-electron chi connectivity index (χ3n) is 4.88. The first-order valence-electron chi connectivity index (χ1n) is 12.3. The van der Waals surface area contributed by atoms with E-state index < -0.39 is 0 Å². The predicted octanol–water partition coefficient (Wildman–Crippen LogP) is 5.51. The van der Waals surface area contributed by atoms with E-state index >= 15 is 0 Å². The molecule has 0 saturated carbocycles. The predicted molar refractivity (Wildman–Crippen MR) is 128 cm³/mol. The van der Waals surface area contributed by atoms with Gasteiger partial charge in [-0.2, -0.15) is 0 Å². The summed E-state index contributed by atoms with van der Waals surface area (Å²) < 4.78 is 0. The normalized spacial score (nSPS) is 11.7. The smallest absolute Gasteiger partial charge is 0.220 e. The van der Waals surface area contributed by atoms with Gasteiger partial charge in [0.2, 0.25) is 5.91 Å². The fourth-order valence-electron chi connectivity index (χ4n) is 3.08. The summed E-state index contributed by atoms with van der Waals surface area (Å²) in [6.45, 7) is 9.03. The Labute approximate surface area is 181 Å². The van der Waals surface area contributed by atoms with Crippen LogP contribution in [0.5, 0.6) is 0 Å². The molecule has 4 heteroatoms. The maximum absolute atomic E-state index is 11.8. The van der Waals surface area contributed by atoms with Gasteiger partial charge >= 0.3 is 0 Å². The molecule has 0 heterocycles. The second kappa shape index (κ2) is 24.9. The Kier molecular flexibility index (Phi) is 23.9. The lowest BCUT2D eigenvalue weighted by molar-refractivity contribution is -0.121. The zero-order valence-electron chi connectivity index (χ0n) is 19.4. The van der Waals surface area contributed by atoms with Crippen molar-refractivity contribution < 1.29 is 4.79 Å². The zero-order valence-corrected chi connectivity index (χ0v) is 19.4. The fourth-order valence-corrected chi connectivity index (χ4v) is 3.08. The molecule has 170 valence electrons. The van der Waals surface area contributed by atoms with Crippen LogP contribution in [-0.2, 0) is 4.79 Å². The first kappa shape index (κ1) is 27.9. The number of carbonyl (C=O) groups is 1. The molecule has 0 rings (SSSR count). The van der Waals surface area contributed by atoms with Gasteiger partial charge < -0.3 is 16.0 Å². The number of nitrogens with one attached hydrogen (secondary N) is 3. The highest BCUT2D eigenvalue weighted by Crippen LogP contribution is 2.08. The Hall–Kier alpha value is -1.13. The van der Waals surface area contributed by atoms with Crippen LogP contribution in [0.3, 0.4) is 0 Å². The van der Waals surface area contributed by atoms with Gasteiger partial charge in [-0.15, -0.1) is 0 Å². The Balaban J connectivity index is 3.25. The van der Waals surface area contributed by atoms with Crippen LogP contribution in [0, 0.1) is 0 Å². The van der Waals surface area contributed by atoms with Crippen LogP contribution in [-0.4, -0.2) is 38.6 Å². The molecule has 0 aliphatic carbocycles. The zero-order chi connectivity index (χ0) is 21.3. The van der Waals surface area contributed by atoms with E-state index in [0.717, 1.165) is 45.6 Å². The molecule has 0 fully saturated rings. The molecule has 29 heavy (non-hydrogen) atoms. The topological polar surface area (TPSA) is 53.2 Å². The molecule has 0 bridgehead atoms. The number of carbonyl (C=O) groups excluding carboxylic acids is 1. The van der Waals surface area contributed by atoms with Crippen molar-refractivity contribution in [2.24, 2.45) is 0 Å².